The largest absolute Gasteiger partial charge is 0.494 e. The smallest absolute Gasteiger partial charge is 0.244 e. The molecule has 0 saturated carbocycles. The number of sulfonamides is 1. The van der Waals surface area contributed by atoms with Crippen LogP contribution in [0.5, 0.6) is 5.75 Å². The molecule has 0 bridgehead atoms. The average Bonchev–Trinajstić information content (AvgIpc) is 2.78. The molecule has 8 nitrogen and oxygen atoms in total. The number of hydrogen-bond acceptors (Lipinski definition) is 5. The first-order valence-corrected chi connectivity index (χ1v) is 12.9. The van der Waals surface area contributed by atoms with E-state index in [0.717, 1.165) is 16.1 Å². The first-order chi connectivity index (χ1) is 15.7. The topological polar surface area (TPSA) is 96.0 Å². The van der Waals surface area contributed by atoms with Crippen LogP contribution in [0.4, 0.5) is 5.69 Å². The number of ether oxygens (including phenoxy) is 1. The number of amides is 2. The lowest BCUT2D eigenvalue weighted by Crippen LogP contribution is -2.52. The predicted molar refractivity (Wildman–Crippen MR) is 130 cm³/mol. The molecule has 0 saturated heterocycles. The Morgan fingerprint density at radius 1 is 1.00 bits per heavy atom. The highest BCUT2D eigenvalue weighted by Gasteiger charge is 2.31. The summed E-state index contributed by atoms with van der Waals surface area (Å²) in [7, 11) is -3.76. The van der Waals surface area contributed by atoms with E-state index < -0.39 is 28.5 Å². The van der Waals surface area contributed by atoms with E-state index in [1.807, 2.05) is 51.1 Å². The predicted octanol–water partition coefficient (Wildman–Crippen LogP) is 2.79. The first-order valence-electron chi connectivity index (χ1n) is 11.0. The van der Waals surface area contributed by atoms with Crippen molar-refractivity contribution < 1.29 is 22.7 Å². The maximum absolute atomic E-state index is 13.5. The molecule has 33 heavy (non-hydrogen) atoms. The van der Waals surface area contributed by atoms with Crippen LogP contribution in [-0.4, -0.2) is 57.1 Å². The van der Waals surface area contributed by atoms with Gasteiger partial charge in [-0.1, -0.05) is 37.3 Å². The first kappa shape index (κ1) is 26.2. The van der Waals surface area contributed by atoms with E-state index in [1.54, 1.807) is 24.3 Å². The van der Waals surface area contributed by atoms with Crippen molar-refractivity contribution in [3.63, 3.8) is 0 Å². The van der Waals surface area contributed by atoms with Gasteiger partial charge in [0.2, 0.25) is 21.8 Å². The lowest BCUT2D eigenvalue weighted by atomic mass is 10.1. The molecule has 2 amide bonds. The highest BCUT2D eigenvalue weighted by molar-refractivity contribution is 7.92. The lowest BCUT2D eigenvalue weighted by Gasteiger charge is -2.32. The van der Waals surface area contributed by atoms with Crippen molar-refractivity contribution in [1.82, 2.24) is 10.2 Å². The van der Waals surface area contributed by atoms with E-state index in [9.17, 15) is 18.0 Å². The minimum atomic E-state index is -3.76. The monoisotopic (exact) mass is 475 g/mol. The molecule has 0 radical (unpaired) electrons. The number of likely N-dealkylation sites (N-methyl/N-ethyl adjacent to an activating group) is 1. The SMILES string of the molecule is CCNC(=O)C(CC)N(Cc1ccccc1)C(=O)CN(c1ccc(OCC)cc1)S(C)(=O)=O. The third-order valence-electron chi connectivity index (χ3n) is 5.05. The van der Waals surface area contributed by atoms with Gasteiger partial charge in [0.25, 0.3) is 0 Å². The molecule has 0 aromatic heterocycles. The molecule has 1 atom stereocenters. The minimum Gasteiger partial charge on any atom is -0.494 e. The van der Waals surface area contributed by atoms with Gasteiger partial charge in [0.1, 0.15) is 18.3 Å². The van der Waals surface area contributed by atoms with Crippen LogP contribution in [0.3, 0.4) is 0 Å². The molecule has 0 aliphatic carbocycles. The highest BCUT2D eigenvalue weighted by atomic mass is 32.2. The van der Waals surface area contributed by atoms with E-state index in [1.165, 1.54) is 4.90 Å². The van der Waals surface area contributed by atoms with Crippen LogP contribution < -0.4 is 14.4 Å². The Kier molecular flexibility index (Phi) is 9.72. The second-order valence-corrected chi connectivity index (χ2v) is 9.43. The number of nitrogens with one attached hydrogen (secondary N) is 1. The van der Waals surface area contributed by atoms with E-state index in [-0.39, 0.29) is 12.5 Å². The maximum atomic E-state index is 13.5. The molecule has 2 aromatic carbocycles. The minimum absolute atomic E-state index is 0.191. The Morgan fingerprint density at radius 2 is 1.64 bits per heavy atom. The quantitative estimate of drug-likeness (QED) is 0.509. The molecule has 0 heterocycles. The molecule has 0 aliphatic rings. The number of carbonyl (C=O) groups is 2. The molecule has 0 fully saturated rings. The van der Waals surface area contributed by atoms with E-state index in [2.05, 4.69) is 5.32 Å². The highest BCUT2D eigenvalue weighted by Crippen LogP contribution is 2.23. The third-order valence-corrected chi connectivity index (χ3v) is 6.19. The molecular formula is C24H33N3O5S. The maximum Gasteiger partial charge on any atom is 0.244 e. The van der Waals surface area contributed by atoms with Crippen LogP contribution in [0.15, 0.2) is 54.6 Å². The van der Waals surface area contributed by atoms with E-state index in [4.69, 9.17) is 4.74 Å². The standard InChI is InChI=1S/C24H33N3O5S/c1-5-22(24(29)25-6-2)26(17-19-11-9-8-10-12-19)23(28)18-27(33(4,30)31)20-13-15-21(16-14-20)32-7-3/h8-16,22H,5-7,17-18H2,1-4H3,(H,25,29). The van der Waals surface area contributed by atoms with Crippen molar-refractivity contribution in [2.45, 2.75) is 39.8 Å². The fourth-order valence-electron chi connectivity index (χ4n) is 3.48. The Labute approximate surface area is 196 Å². The van der Waals surface area contributed by atoms with Crippen molar-refractivity contribution in [2.24, 2.45) is 0 Å². The summed E-state index contributed by atoms with van der Waals surface area (Å²) in [5.41, 5.74) is 1.19. The van der Waals surface area contributed by atoms with Crippen LogP contribution in [0.1, 0.15) is 32.8 Å². The molecule has 0 spiro atoms. The summed E-state index contributed by atoms with van der Waals surface area (Å²) >= 11 is 0. The summed E-state index contributed by atoms with van der Waals surface area (Å²) in [5, 5.41) is 2.77. The summed E-state index contributed by atoms with van der Waals surface area (Å²) < 4.78 is 31.6. The Balaban J connectivity index is 2.37. The van der Waals surface area contributed by atoms with Crippen LogP contribution in [0, 0.1) is 0 Å². The van der Waals surface area contributed by atoms with Crippen molar-refractivity contribution in [3.05, 3.63) is 60.2 Å². The molecule has 180 valence electrons. The Bertz CT molecular complexity index is 1010. The van der Waals surface area contributed by atoms with Gasteiger partial charge in [-0.2, -0.15) is 0 Å². The third kappa shape index (κ3) is 7.49. The molecular weight excluding hydrogens is 442 g/mol. The summed E-state index contributed by atoms with van der Waals surface area (Å²) in [4.78, 5) is 27.6. The van der Waals surface area contributed by atoms with Crippen molar-refractivity contribution >= 4 is 27.5 Å². The normalized spacial score (nSPS) is 12.0. The molecule has 0 aliphatic heterocycles. The van der Waals surface area contributed by atoms with Crippen molar-refractivity contribution in [2.75, 3.05) is 30.3 Å². The second kappa shape index (κ2) is 12.2. The van der Waals surface area contributed by atoms with Crippen LogP contribution in [0.2, 0.25) is 0 Å². The van der Waals surface area contributed by atoms with Gasteiger partial charge >= 0.3 is 0 Å². The van der Waals surface area contributed by atoms with Crippen LogP contribution >= 0.6 is 0 Å². The van der Waals surface area contributed by atoms with Gasteiger partial charge in [0.05, 0.1) is 18.6 Å². The van der Waals surface area contributed by atoms with Gasteiger partial charge in [0, 0.05) is 13.1 Å². The van der Waals surface area contributed by atoms with Gasteiger partial charge in [-0.25, -0.2) is 8.42 Å². The van der Waals surface area contributed by atoms with Crippen molar-refractivity contribution in [1.29, 1.82) is 0 Å². The summed E-state index contributed by atoms with van der Waals surface area (Å²) in [6.45, 7) is 6.18. The second-order valence-electron chi connectivity index (χ2n) is 7.52. The summed E-state index contributed by atoms with van der Waals surface area (Å²) in [6.07, 6.45) is 1.45. The fraction of sp³-hybridized carbons (Fsp3) is 0.417. The van der Waals surface area contributed by atoms with Gasteiger partial charge in [-0.3, -0.25) is 13.9 Å². The number of nitrogens with zero attached hydrogens (tertiary/aromatic N) is 2. The van der Waals surface area contributed by atoms with Gasteiger partial charge in [-0.15, -0.1) is 0 Å². The van der Waals surface area contributed by atoms with Gasteiger partial charge in [0.15, 0.2) is 0 Å². The zero-order valence-electron chi connectivity index (χ0n) is 19.7. The molecule has 2 rings (SSSR count). The van der Waals surface area contributed by atoms with Crippen LogP contribution in [-0.2, 0) is 26.2 Å². The average molecular weight is 476 g/mol. The number of anilines is 1. The van der Waals surface area contributed by atoms with Crippen molar-refractivity contribution in [3.8, 4) is 5.75 Å². The number of rotatable bonds is 12. The summed E-state index contributed by atoms with van der Waals surface area (Å²) in [5.74, 6) is -0.124. The molecule has 1 N–H and O–H groups in total. The Hall–Kier alpha value is -3.07. The lowest BCUT2D eigenvalue weighted by molar-refractivity contribution is -0.140. The fourth-order valence-corrected chi connectivity index (χ4v) is 4.33. The van der Waals surface area contributed by atoms with Crippen LogP contribution in [0.25, 0.3) is 0 Å². The molecule has 9 heteroatoms. The molecule has 2 aromatic rings. The summed E-state index contributed by atoms with van der Waals surface area (Å²) in [6, 6.07) is 15.1. The molecule has 1 unspecified atom stereocenters. The van der Waals surface area contributed by atoms with E-state index >= 15 is 0 Å². The van der Waals surface area contributed by atoms with Gasteiger partial charge < -0.3 is 15.0 Å². The zero-order valence-corrected chi connectivity index (χ0v) is 20.5. The number of hydrogen-bond donors (Lipinski definition) is 1. The zero-order chi connectivity index (χ0) is 24.4. The van der Waals surface area contributed by atoms with E-state index in [0.29, 0.717) is 31.0 Å². The number of benzene rings is 2. The number of carbonyl (C=O) groups excluding carboxylic acids is 2. The Morgan fingerprint density at radius 3 is 2.15 bits per heavy atom. The van der Waals surface area contributed by atoms with Gasteiger partial charge in [-0.05, 0) is 50.1 Å².